The van der Waals surface area contributed by atoms with E-state index in [2.05, 4.69) is 164 Å². The SMILES string of the molecule is [2H]c1c([2H])c([2H])c(-c2ccc(N(c3ccc4c(c3)C(C)(C)c3ccccc3-4)c3ccc4c(c3)C3(c5ccccc5-4)c4ccccc4-c4cc5ccccc5cc43)cc2)c([2H])c1[2H]. The van der Waals surface area contributed by atoms with Crippen molar-refractivity contribution in [3.8, 4) is 44.5 Å². The lowest BCUT2D eigenvalue weighted by atomic mass is 9.70. The van der Waals surface area contributed by atoms with Gasteiger partial charge in [0.2, 0.25) is 0 Å². The van der Waals surface area contributed by atoms with E-state index < -0.39 is 11.5 Å². The van der Waals surface area contributed by atoms with E-state index in [1.165, 1.54) is 77.5 Å². The van der Waals surface area contributed by atoms with Crippen LogP contribution in [0.4, 0.5) is 17.1 Å². The van der Waals surface area contributed by atoms with E-state index >= 15 is 0 Å². The van der Waals surface area contributed by atoms with Crippen LogP contribution in [0, 0.1) is 0 Å². The molecule has 0 saturated carbocycles. The van der Waals surface area contributed by atoms with Gasteiger partial charge in [0, 0.05) is 22.5 Å². The van der Waals surface area contributed by atoms with Gasteiger partial charge < -0.3 is 4.90 Å². The number of benzene rings is 9. The minimum absolute atomic E-state index is 0.189. The molecule has 0 aromatic heterocycles. The minimum Gasteiger partial charge on any atom is -0.310 e. The summed E-state index contributed by atoms with van der Waals surface area (Å²) in [5, 5.41) is 2.43. The molecular weight excluding hydrogens is 687 g/mol. The largest absolute Gasteiger partial charge is 0.310 e. The molecule has 0 amide bonds. The van der Waals surface area contributed by atoms with Crippen LogP contribution in [0.3, 0.4) is 0 Å². The third-order valence-corrected chi connectivity index (χ3v) is 12.9. The number of nitrogens with zero attached hydrogens (tertiary/aromatic N) is 1. The Labute approximate surface area is 341 Å². The smallest absolute Gasteiger partial charge is 0.0726 e. The fraction of sp³-hybridized carbons (Fsp3) is 0.0714. The fourth-order valence-electron chi connectivity index (χ4n) is 10.4. The fourth-order valence-corrected chi connectivity index (χ4v) is 10.4. The quantitative estimate of drug-likeness (QED) is 0.174. The lowest BCUT2D eigenvalue weighted by Gasteiger charge is -2.32. The molecule has 1 heteroatoms. The van der Waals surface area contributed by atoms with Crippen molar-refractivity contribution >= 4 is 27.8 Å². The molecule has 9 aromatic rings. The van der Waals surface area contributed by atoms with E-state index in [9.17, 15) is 0 Å². The summed E-state index contributed by atoms with van der Waals surface area (Å²) in [5.74, 6) is 0. The van der Waals surface area contributed by atoms with Gasteiger partial charge in [-0.3, -0.25) is 0 Å². The Morgan fingerprint density at radius 3 is 1.51 bits per heavy atom. The summed E-state index contributed by atoms with van der Waals surface area (Å²) in [6, 6.07) is 59.9. The van der Waals surface area contributed by atoms with E-state index in [0.717, 1.165) is 17.1 Å². The first-order valence-electron chi connectivity index (χ1n) is 22.2. The Bertz CT molecular complexity index is 3370. The Kier molecular flexibility index (Phi) is 5.70. The molecule has 268 valence electrons. The van der Waals surface area contributed by atoms with Gasteiger partial charge in [0.15, 0.2) is 0 Å². The van der Waals surface area contributed by atoms with Crippen LogP contribution < -0.4 is 4.90 Å². The van der Waals surface area contributed by atoms with Crippen LogP contribution in [0.15, 0.2) is 200 Å². The number of rotatable bonds is 4. The molecule has 12 rings (SSSR count). The molecule has 3 aliphatic rings. The van der Waals surface area contributed by atoms with Crippen LogP contribution in [0.2, 0.25) is 0 Å². The van der Waals surface area contributed by atoms with Crippen molar-refractivity contribution in [3.05, 3.63) is 233 Å². The monoisotopic (exact) mass is 730 g/mol. The lowest BCUT2D eigenvalue weighted by molar-refractivity contribution is 0.660. The highest BCUT2D eigenvalue weighted by molar-refractivity contribution is 6.00. The maximum Gasteiger partial charge on any atom is 0.0726 e. The van der Waals surface area contributed by atoms with E-state index in [-0.39, 0.29) is 35.1 Å². The van der Waals surface area contributed by atoms with Gasteiger partial charge in [0.05, 0.1) is 12.3 Å². The van der Waals surface area contributed by atoms with E-state index in [0.29, 0.717) is 5.56 Å². The summed E-state index contributed by atoms with van der Waals surface area (Å²) in [6.07, 6.45) is 0. The molecule has 0 N–H and O–H groups in total. The Balaban J connectivity index is 1.10. The highest BCUT2D eigenvalue weighted by Gasteiger charge is 2.52. The van der Waals surface area contributed by atoms with Gasteiger partial charge in [0.1, 0.15) is 0 Å². The molecule has 0 aliphatic heterocycles. The molecule has 0 bridgehead atoms. The average Bonchev–Trinajstić information content (AvgIpc) is 3.85. The van der Waals surface area contributed by atoms with Crippen molar-refractivity contribution < 1.29 is 6.85 Å². The van der Waals surface area contributed by atoms with Crippen molar-refractivity contribution in [2.45, 2.75) is 24.7 Å². The first-order valence-corrected chi connectivity index (χ1v) is 19.7. The standard InChI is InChI=1S/C56H39N/c1-55(2)49-21-11-8-18-43(49)46-30-28-41(34-52(46)55)57(40-26-24-37(25-27-40)36-14-4-3-5-15-36)42-29-31-47-44-19-9-12-22-50(44)56(54(47)35-42)51-23-13-10-20-45(51)48-32-38-16-6-7-17-39(38)33-53(48)56/h3-35H,1-2H3/i3D,4D,5D,14D,15D. The van der Waals surface area contributed by atoms with E-state index in [1.54, 1.807) is 0 Å². The lowest BCUT2D eigenvalue weighted by Crippen LogP contribution is -2.26. The summed E-state index contributed by atoms with van der Waals surface area (Å²) in [5.41, 5.74) is 17.9. The van der Waals surface area contributed by atoms with Gasteiger partial charge in [-0.25, -0.2) is 0 Å². The van der Waals surface area contributed by atoms with Crippen molar-refractivity contribution in [2.24, 2.45) is 0 Å². The summed E-state index contributed by atoms with van der Waals surface area (Å²) >= 11 is 0. The summed E-state index contributed by atoms with van der Waals surface area (Å²) < 4.78 is 42.3. The Morgan fingerprint density at radius 1 is 0.368 bits per heavy atom. The van der Waals surface area contributed by atoms with Crippen LogP contribution in [-0.4, -0.2) is 0 Å². The summed E-state index contributed by atoms with van der Waals surface area (Å²) in [6.45, 7) is 4.60. The van der Waals surface area contributed by atoms with Crippen LogP contribution in [-0.2, 0) is 10.8 Å². The third-order valence-electron chi connectivity index (χ3n) is 12.9. The molecule has 0 heterocycles. The second-order valence-electron chi connectivity index (χ2n) is 16.1. The molecule has 1 nitrogen and oxygen atoms in total. The van der Waals surface area contributed by atoms with Gasteiger partial charge in [0.25, 0.3) is 0 Å². The minimum atomic E-state index is -0.560. The molecule has 0 saturated heterocycles. The molecule has 3 aliphatic carbocycles. The maximum absolute atomic E-state index is 8.71. The second-order valence-corrected chi connectivity index (χ2v) is 16.1. The van der Waals surface area contributed by atoms with Gasteiger partial charge >= 0.3 is 0 Å². The normalized spacial score (nSPS) is 17.3. The topological polar surface area (TPSA) is 3.24 Å². The first kappa shape index (κ1) is 27.6. The Morgan fingerprint density at radius 2 is 0.842 bits per heavy atom. The molecule has 0 radical (unpaired) electrons. The number of hydrogen-bond donors (Lipinski definition) is 0. The predicted molar refractivity (Wildman–Crippen MR) is 238 cm³/mol. The van der Waals surface area contributed by atoms with Crippen LogP contribution in [0.1, 0.15) is 54.1 Å². The highest BCUT2D eigenvalue weighted by atomic mass is 15.1. The number of fused-ring (bicyclic) bond motifs is 14. The third kappa shape index (κ3) is 4.40. The number of anilines is 3. The van der Waals surface area contributed by atoms with Crippen LogP contribution in [0.5, 0.6) is 0 Å². The molecule has 0 fully saturated rings. The van der Waals surface area contributed by atoms with Crippen LogP contribution in [0.25, 0.3) is 55.3 Å². The zero-order chi connectivity index (χ0) is 42.2. The average molecular weight is 731 g/mol. The summed E-state index contributed by atoms with van der Waals surface area (Å²) in [4.78, 5) is 2.31. The van der Waals surface area contributed by atoms with E-state index in [1.807, 2.05) is 24.3 Å². The van der Waals surface area contributed by atoms with Crippen molar-refractivity contribution in [1.29, 1.82) is 0 Å². The van der Waals surface area contributed by atoms with Crippen molar-refractivity contribution in [3.63, 3.8) is 0 Å². The van der Waals surface area contributed by atoms with Gasteiger partial charge in [-0.1, -0.05) is 165 Å². The zero-order valence-electron chi connectivity index (χ0n) is 36.6. The van der Waals surface area contributed by atoms with Gasteiger partial charge in [-0.05, 0) is 137 Å². The molecule has 1 atom stereocenters. The molecule has 57 heavy (non-hydrogen) atoms. The van der Waals surface area contributed by atoms with Gasteiger partial charge in [-0.2, -0.15) is 0 Å². The van der Waals surface area contributed by atoms with Gasteiger partial charge in [-0.15, -0.1) is 0 Å². The van der Waals surface area contributed by atoms with Crippen molar-refractivity contribution in [2.75, 3.05) is 4.90 Å². The molecular formula is C56H39N. The van der Waals surface area contributed by atoms with Crippen molar-refractivity contribution in [1.82, 2.24) is 0 Å². The summed E-state index contributed by atoms with van der Waals surface area (Å²) in [7, 11) is 0. The molecule has 9 aromatic carbocycles. The van der Waals surface area contributed by atoms with Crippen LogP contribution >= 0.6 is 0 Å². The Hall–Kier alpha value is -6.96. The first-order chi connectivity index (χ1) is 30.1. The molecule has 1 unspecified atom stereocenters. The molecule has 1 spiro atoms. The van der Waals surface area contributed by atoms with E-state index in [4.69, 9.17) is 6.85 Å². The number of hydrogen-bond acceptors (Lipinski definition) is 1. The second kappa shape index (κ2) is 11.8. The highest BCUT2D eigenvalue weighted by Crippen LogP contribution is 2.64. The predicted octanol–water partition coefficient (Wildman–Crippen LogP) is 14.6. The zero-order valence-corrected chi connectivity index (χ0v) is 31.6. The maximum atomic E-state index is 8.71.